The van der Waals surface area contributed by atoms with Gasteiger partial charge in [0.2, 0.25) is 5.91 Å². The molecule has 1 aliphatic carbocycles. The average molecular weight is 318 g/mol. The van der Waals surface area contributed by atoms with Crippen LogP contribution < -0.4 is 5.32 Å². The molecule has 124 valence electrons. The quantitative estimate of drug-likeness (QED) is 0.911. The van der Waals surface area contributed by atoms with Gasteiger partial charge in [0.15, 0.2) is 0 Å². The fraction of sp³-hybridized carbons (Fsp3) is 0.556. The maximum absolute atomic E-state index is 13.7. The minimum absolute atomic E-state index is 0.0114. The number of nitrogens with one attached hydrogen (secondary N) is 1. The monoisotopic (exact) mass is 318 g/mol. The van der Waals surface area contributed by atoms with E-state index in [1.165, 1.54) is 6.07 Å². The lowest BCUT2D eigenvalue weighted by atomic mass is 9.76. The van der Waals surface area contributed by atoms with Crippen LogP contribution in [0.1, 0.15) is 41.6 Å². The zero-order valence-electron chi connectivity index (χ0n) is 13.7. The number of hydrogen-bond donors (Lipinski definition) is 1. The van der Waals surface area contributed by atoms with Crippen LogP contribution in [-0.4, -0.2) is 36.9 Å². The van der Waals surface area contributed by atoms with Crippen LogP contribution in [0.4, 0.5) is 4.39 Å². The van der Waals surface area contributed by atoms with E-state index in [4.69, 9.17) is 0 Å². The lowest BCUT2D eigenvalue weighted by Gasteiger charge is -2.28. The Hall–Kier alpha value is -1.91. The molecule has 5 heteroatoms. The summed E-state index contributed by atoms with van der Waals surface area (Å²) in [4.78, 5) is 26.7. The molecule has 0 unspecified atom stereocenters. The Balaban J connectivity index is 1.85. The Bertz CT molecular complexity index is 638. The van der Waals surface area contributed by atoms with Gasteiger partial charge < -0.3 is 10.2 Å². The average Bonchev–Trinajstić information content (AvgIpc) is 3.17. The van der Waals surface area contributed by atoms with Crippen LogP contribution in [-0.2, 0) is 4.79 Å². The number of rotatable bonds is 2. The molecule has 2 fully saturated rings. The highest BCUT2D eigenvalue weighted by molar-refractivity contribution is 5.95. The van der Waals surface area contributed by atoms with Crippen molar-refractivity contribution in [2.75, 3.05) is 20.1 Å². The predicted molar refractivity (Wildman–Crippen MR) is 85.5 cm³/mol. The molecule has 1 spiro atoms. The standard InChI is InChI=1S/C18H23FN2O2/c1-12-5-6-13(9-15(12)19)17(23)21-10-14(16(22)20-2)18(11-21)7-3-4-8-18/h5-6,9,14H,3-4,7-8,10-11H2,1-2H3,(H,20,22)/t14-/m1/s1. The first-order valence-corrected chi connectivity index (χ1v) is 8.24. The van der Waals surface area contributed by atoms with Crippen molar-refractivity contribution in [1.82, 2.24) is 10.2 Å². The number of benzene rings is 1. The van der Waals surface area contributed by atoms with E-state index in [0.717, 1.165) is 25.7 Å². The van der Waals surface area contributed by atoms with Crippen molar-refractivity contribution >= 4 is 11.8 Å². The largest absolute Gasteiger partial charge is 0.359 e. The second-order valence-corrected chi connectivity index (χ2v) is 6.89. The second-order valence-electron chi connectivity index (χ2n) is 6.89. The van der Waals surface area contributed by atoms with Crippen molar-refractivity contribution in [3.05, 3.63) is 35.1 Å². The van der Waals surface area contributed by atoms with Gasteiger partial charge in [-0.25, -0.2) is 4.39 Å². The normalized spacial score (nSPS) is 22.6. The lowest BCUT2D eigenvalue weighted by molar-refractivity contribution is -0.127. The molecule has 1 heterocycles. The molecule has 1 aliphatic heterocycles. The minimum atomic E-state index is -0.367. The van der Waals surface area contributed by atoms with Gasteiger partial charge in [0.1, 0.15) is 5.82 Å². The number of halogens is 1. The van der Waals surface area contributed by atoms with Crippen LogP contribution >= 0.6 is 0 Å². The SMILES string of the molecule is CNC(=O)[C@H]1CN(C(=O)c2ccc(C)c(F)c2)CC12CCCC2. The van der Waals surface area contributed by atoms with E-state index in [0.29, 0.717) is 24.2 Å². The van der Waals surface area contributed by atoms with Crippen LogP contribution in [0.15, 0.2) is 18.2 Å². The van der Waals surface area contributed by atoms with Gasteiger partial charge in [0.05, 0.1) is 5.92 Å². The Labute approximate surface area is 136 Å². The van der Waals surface area contributed by atoms with Crippen molar-refractivity contribution in [2.45, 2.75) is 32.6 Å². The zero-order chi connectivity index (χ0) is 16.6. The van der Waals surface area contributed by atoms with Crippen molar-refractivity contribution in [3.63, 3.8) is 0 Å². The summed E-state index contributed by atoms with van der Waals surface area (Å²) in [5.74, 6) is -0.693. The van der Waals surface area contributed by atoms with E-state index in [9.17, 15) is 14.0 Å². The van der Waals surface area contributed by atoms with Crippen molar-refractivity contribution in [1.29, 1.82) is 0 Å². The maximum Gasteiger partial charge on any atom is 0.253 e. The van der Waals surface area contributed by atoms with Crippen LogP contribution in [0.25, 0.3) is 0 Å². The highest BCUT2D eigenvalue weighted by Gasteiger charge is 2.52. The van der Waals surface area contributed by atoms with E-state index in [2.05, 4.69) is 5.32 Å². The van der Waals surface area contributed by atoms with Crippen LogP contribution in [0, 0.1) is 24.1 Å². The smallest absolute Gasteiger partial charge is 0.253 e. The van der Waals surface area contributed by atoms with E-state index in [1.54, 1.807) is 31.0 Å². The summed E-state index contributed by atoms with van der Waals surface area (Å²) in [5.41, 5.74) is 0.788. The first kappa shape index (κ1) is 16.0. The van der Waals surface area contributed by atoms with E-state index >= 15 is 0 Å². The zero-order valence-corrected chi connectivity index (χ0v) is 13.7. The Morgan fingerprint density at radius 3 is 2.61 bits per heavy atom. The fourth-order valence-electron chi connectivity index (χ4n) is 4.15. The number of likely N-dealkylation sites (tertiary alicyclic amines) is 1. The number of aryl methyl sites for hydroxylation is 1. The number of nitrogens with zero attached hydrogens (tertiary/aromatic N) is 1. The molecule has 1 atom stereocenters. The van der Waals surface area contributed by atoms with Crippen LogP contribution in [0.3, 0.4) is 0 Å². The lowest BCUT2D eigenvalue weighted by Crippen LogP contribution is -2.38. The van der Waals surface area contributed by atoms with Gasteiger partial charge in [-0.15, -0.1) is 0 Å². The molecule has 0 bridgehead atoms. The molecular formula is C18H23FN2O2. The van der Waals surface area contributed by atoms with E-state index < -0.39 is 0 Å². The molecule has 3 rings (SSSR count). The van der Waals surface area contributed by atoms with Crippen molar-refractivity contribution in [3.8, 4) is 0 Å². The Morgan fingerprint density at radius 1 is 1.30 bits per heavy atom. The van der Waals surface area contributed by atoms with Gasteiger partial charge in [-0.2, -0.15) is 0 Å². The molecule has 1 N–H and O–H groups in total. The maximum atomic E-state index is 13.7. The molecule has 1 saturated carbocycles. The summed E-state index contributed by atoms with van der Waals surface area (Å²) in [6.07, 6.45) is 4.18. The number of carbonyl (C=O) groups excluding carboxylic acids is 2. The number of carbonyl (C=O) groups is 2. The Kier molecular flexibility index (Phi) is 4.13. The highest BCUT2D eigenvalue weighted by Crippen LogP contribution is 2.49. The molecule has 23 heavy (non-hydrogen) atoms. The van der Waals surface area contributed by atoms with Crippen molar-refractivity contribution in [2.24, 2.45) is 11.3 Å². The third-order valence-corrected chi connectivity index (χ3v) is 5.52. The van der Waals surface area contributed by atoms with Gasteiger partial charge >= 0.3 is 0 Å². The summed E-state index contributed by atoms with van der Waals surface area (Å²) in [7, 11) is 1.64. The predicted octanol–water partition coefficient (Wildman–Crippen LogP) is 2.51. The molecular weight excluding hydrogens is 295 g/mol. The summed E-state index contributed by atoms with van der Waals surface area (Å²) in [6.45, 7) is 2.70. The third kappa shape index (κ3) is 2.73. The third-order valence-electron chi connectivity index (χ3n) is 5.52. The van der Waals surface area contributed by atoms with Gasteiger partial charge in [-0.3, -0.25) is 9.59 Å². The Morgan fingerprint density at radius 2 is 2.00 bits per heavy atom. The fourth-order valence-corrected chi connectivity index (χ4v) is 4.15. The minimum Gasteiger partial charge on any atom is -0.359 e. The topological polar surface area (TPSA) is 49.4 Å². The summed E-state index contributed by atoms with van der Waals surface area (Å²) >= 11 is 0. The summed E-state index contributed by atoms with van der Waals surface area (Å²) < 4.78 is 13.7. The first-order chi connectivity index (χ1) is 11.0. The summed E-state index contributed by atoms with van der Waals surface area (Å²) in [6, 6.07) is 4.59. The molecule has 1 saturated heterocycles. The number of amides is 2. The van der Waals surface area contributed by atoms with Gasteiger partial charge in [0, 0.05) is 31.1 Å². The first-order valence-electron chi connectivity index (χ1n) is 8.24. The van der Waals surface area contributed by atoms with Gasteiger partial charge in [-0.1, -0.05) is 18.9 Å². The van der Waals surface area contributed by atoms with Crippen LogP contribution in [0.5, 0.6) is 0 Å². The summed E-state index contributed by atoms with van der Waals surface area (Å²) in [5, 5.41) is 2.74. The van der Waals surface area contributed by atoms with Gasteiger partial charge in [-0.05, 0) is 37.5 Å². The van der Waals surface area contributed by atoms with Gasteiger partial charge in [0.25, 0.3) is 5.91 Å². The van der Waals surface area contributed by atoms with Crippen molar-refractivity contribution < 1.29 is 14.0 Å². The number of hydrogen-bond acceptors (Lipinski definition) is 2. The molecule has 0 aromatic heterocycles. The molecule has 2 aliphatic rings. The van der Waals surface area contributed by atoms with E-state index in [1.807, 2.05) is 0 Å². The molecule has 0 radical (unpaired) electrons. The molecule has 2 amide bonds. The molecule has 1 aromatic carbocycles. The second kappa shape index (κ2) is 5.95. The molecule has 1 aromatic rings. The molecule has 4 nitrogen and oxygen atoms in total. The van der Waals surface area contributed by atoms with Crippen LogP contribution in [0.2, 0.25) is 0 Å². The van der Waals surface area contributed by atoms with E-state index in [-0.39, 0.29) is 29.0 Å². The highest BCUT2D eigenvalue weighted by atomic mass is 19.1.